The predicted octanol–water partition coefficient (Wildman–Crippen LogP) is 3.08. The van der Waals surface area contributed by atoms with Gasteiger partial charge in [0.25, 0.3) is 0 Å². The summed E-state index contributed by atoms with van der Waals surface area (Å²) in [4.78, 5) is 0. The molecule has 2 rings (SSSR count). The molecule has 2 aromatic rings. The van der Waals surface area contributed by atoms with E-state index in [-0.39, 0.29) is 5.82 Å². The molecule has 1 aromatic heterocycles. The van der Waals surface area contributed by atoms with Crippen LogP contribution < -0.4 is 0 Å². The van der Waals surface area contributed by atoms with Gasteiger partial charge in [-0.2, -0.15) is 5.10 Å². The Morgan fingerprint density at radius 1 is 1.36 bits per heavy atom. The molecule has 0 aliphatic heterocycles. The Hall–Kier alpha value is -1.16. The third-order valence-electron chi connectivity index (χ3n) is 1.89. The van der Waals surface area contributed by atoms with Crippen LogP contribution in [0.1, 0.15) is 5.69 Å². The van der Waals surface area contributed by atoms with Crippen molar-refractivity contribution in [3.8, 4) is 5.69 Å². The van der Waals surface area contributed by atoms with Gasteiger partial charge in [0.15, 0.2) is 0 Å². The molecule has 0 aliphatic rings. The fourth-order valence-electron chi connectivity index (χ4n) is 1.19. The minimum Gasteiger partial charge on any atom is -0.241 e. The maximum atomic E-state index is 12.9. The van der Waals surface area contributed by atoms with Crippen LogP contribution in [0.4, 0.5) is 4.39 Å². The molecule has 0 saturated carbocycles. The van der Waals surface area contributed by atoms with Crippen LogP contribution in [0.2, 0.25) is 0 Å². The number of aryl methyl sites for hydroxylation is 1. The molecule has 0 spiro atoms. The monoisotopic (exact) mass is 254 g/mol. The van der Waals surface area contributed by atoms with Gasteiger partial charge in [0.05, 0.1) is 15.9 Å². The predicted molar refractivity (Wildman–Crippen MR) is 56.0 cm³/mol. The van der Waals surface area contributed by atoms with Gasteiger partial charge in [-0.15, -0.1) is 0 Å². The second kappa shape index (κ2) is 3.53. The van der Waals surface area contributed by atoms with Crippen LogP contribution in [-0.2, 0) is 0 Å². The number of aromatic nitrogens is 2. The van der Waals surface area contributed by atoms with E-state index in [0.29, 0.717) is 4.47 Å². The molecule has 0 aliphatic carbocycles. The van der Waals surface area contributed by atoms with Gasteiger partial charge in [0.2, 0.25) is 0 Å². The van der Waals surface area contributed by atoms with Gasteiger partial charge in [0.1, 0.15) is 5.82 Å². The van der Waals surface area contributed by atoms with E-state index in [9.17, 15) is 4.39 Å². The molecule has 1 heterocycles. The number of halogens is 2. The van der Waals surface area contributed by atoms with E-state index in [1.807, 2.05) is 19.2 Å². The third kappa shape index (κ3) is 1.70. The smallest absolute Gasteiger partial charge is 0.137 e. The first-order chi connectivity index (χ1) is 6.66. The van der Waals surface area contributed by atoms with E-state index in [1.54, 1.807) is 16.8 Å². The number of benzene rings is 1. The molecular weight excluding hydrogens is 247 g/mol. The first kappa shape index (κ1) is 9.40. The van der Waals surface area contributed by atoms with Gasteiger partial charge in [-0.3, -0.25) is 0 Å². The van der Waals surface area contributed by atoms with Crippen molar-refractivity contribution in [3.63, 3.8) is 0 Å². The van der Waals surface area contributed by atoms with Gasteiger partial charge in [0, 0.05) is 6.20 Å². The van der Waals surface area contributed by atoms with Crippen LogP contribution in [0.15, 0.2) is 34.9 Å². The quantitative estimate of drug-likeness (QED) is 0.765. The summed E-state index contributed by atoms with van der Waals surface area (Å²) in [5.74, 6) is -0.266. The summed E-state index contributed by atoms with van der Waals surface area (Å²) in [6.07, 6.45) is 1.84. The molecule has 0 saturated heterocycles. The van der Waals surface area contributed by atoms with Gasteiger partial charge < -0.3 is 0 Å². The normalized spacial score (nSPS) is 10.5. The summed E-state index contributed by atoms with van der Waals surface area (Å²) < 4.78 is 15.1. The third-order valence-corrected chi connectivity index (χ3v) is 2.50. The van der Waals surface area contributed by atoms with Crippen molar-refractivity contribution in [2.24, 2.45) is 0 Å². The summed E-state index contributed by atoms with van der Waals surface area (Å²) in [5, 5.41) is 4.23. The highest BCUT2D eigenvalue weighted by Crippen LogP contribution is 2.19. The zero-order chi connectivity index (χ0) is 10.1. The first-order valence-corrected chi connectivity index (χ1v) is 4.94. The molecule has 0 amide bonds. The zero-order valence-electron chi connectivity index (χ0n) is 7.54. The standard InChI is InChI=1S/C10H8BrFN2/c1-7-4-5-14(13-7)8-2-3-10(12)9(11)6-8/h2-6H,1H3. The SMILES string of the molecule is Cc1ccn(-c2ccc(F)c(Br)c2)n1. The molecule has 0 atom stereocenters. The maximum Gasteiger partial charge on any atom is 0.137 e. The van der Waals surface area contributed by atoms with Crippen molar-refractivity contribution in [2.75, 3.05) is 0 Å². The van der Waals surface area contributed by atoms with Crippen LogP contribution in [0.25, 0.3) is 5.69 Å². The highest BCUT2D eigenvalue weighted by molar-refractivity contribution is 9.10. The lowest BCUT2D eigenvalue weighted by Gasteiger charge is -2.02. The van der Waals surface area contributed by atoms with Crippen molar-refractivity contribution in [3.05, 3.63) is 46.4 Å². The van der Waals surface area contributed by atoms with Crippen LogP contribution >= 0.6 is 15.9 Å². The Kier molecular flexibility index (Phi) is 2.37. The first-order valence-electron chi connectivity index (χ1n) is 4.14. The molecule has 4 heteroatoms. The molecule has 2 nitrogen and oxygen atoms in total. The van der Waals surface area contributed by atoms with Gasteiger partial charge in [-0.25, -0.2) is 9.07 Å². The van der Waals surface area contributed by atoms with E-state index in [4.69, 9.17) is 0 Å². The van der Waals surface area contributed by atoms with Crippen molar-refractivity contribution in [1.82, 2.24) is 9.78 Å². The van der Waals surface area contributed by atoms with Crippen LogP contribution in [0, 0.1) is 12.7 Å². The van der Waals surface area contributed by atoms with Crippen molar-refractivity contribution in [2.45, 2.75) is 6.92 Å². The summed E-state index contributed by atoms with van der Waals surface area (Å²) in [6, 6.07) is 6.70. The fourth-order valence-corrected chi connectivity index (χ4v) is 1.55. The average Bonchev–Trinajstić information content (AvgIpc) is 2.57. The van der Waals surface area contributed by atoms with E-state index >= 15 is 0 Å². The molecule has 0 N–H and O–H groups in total. The van der Waals surface area contributed by atoms with Crippen LogP contribution in [0.5, 0.6) is 0 Å². The number of hydrogen-bond donors (Lipinski definition) is 0. The molecule has 0 radical (unpaired) electrons. The maximum absolute atomic E-state index is 12.9. The van der Waals surface area contributed by atoms with Crippen molar-refractivity contribution in [1.29, 1.82) is 0 Å². The summed E-state index contributed by atoms with van der Waals surface area (Å²) in [6.45, 7) is 1.91. The Morgan fingerprint density at radius 3 is 2.71 bits per heavy atom. The zero-order valence-corrected chi connectivity index (χ0v) is 9.12. The minimum atomic E-state index is -0.266. The van der Waals surface area contributed by atoms with Crippen molar-refractivity contribution >= 4 is 15.9 Å². The molecular formula is C10H8BrFN2. The second-order valence-electron chi connectivity index (χ2n) is 3.00. The Balaban J connectivity index is 2.47. The lowest BCUT2D eigenvalue weighted by Crippen LogP contribution is -1.95. The summed E-state index contributed by atoms with van der Waals surface area (Å²) in [7, 11) is 0. The van der Waals surface area contributed by atoms with Gasteiger partial charge in [-0.1, -0.05) is 0 Å². The van der Waals surface area contributed by atoms with E-state index in [2.05, 4.69) is 21.0 Å². The summed E-state index contributed by atoms with van der Waals surface area (Å²) >= 11 is 3.13. The molecule has 1 aromatic carbocycles. The molecule has 0 unspecified atom stereocenters. The van der Waals surface area contributed by atoms with E-state index < -0.39 is 0 Å². The molecule has 0 bridgehead atoms. The number of nitrogens with zero attached hydrogens (tertiary/aromatic N) is 2. The fraction of sp³-hybridized carbons (Fsp3) is 0.100. The number of rotatable bonds is 1. The average molecular weight is 255 g/mol. The minimum absolute atomic E-state index is 0.266. The van der Waals surface area contributed by atoms with Crippen LogP contribution in [0.3, 0.4) is 0 Å². The van der Waals surface area contributed by atoms with Gasteiger partial charge >= 0.3 is 0 Å². The van der Waals surface area contributed by atoms with Gasteiger partial charge in [-0.05, 0) is 47.1 Å². The van der Waals surface area contributed by atoms with E-state index in [1.165, 1.54) is 6.07 Å². The molecule has 14 heavy (non-hydrogen) atoms. The lowest BCUT2D eigenvalue weighted by atomic mass is 10.3. The summed E-state index contributed by atoms with van der Waals surface area (Å²) in [5.41, 5.74) is 1.77. The molecule has 72 valence electrons. The Morgan fingerprint density at radius 2 is 2.14 bits per heavy atom. The lowest BCUT2D eigenvalue weighted by molar-refractivity contribution is 0.620. The highest BCUT2D eigenvalue weighted by atomic mass is 79.9. The Bertz CT molecular complexity index is 465. The van der Waals surface area contributed by atoms with E-state index in [0.717, 1.165) is 11.4 Å². The molecule has 0 fully saturated rings. The topological polar surface area (TPSA) is 17.8 Å². The second-order valence-corrected chi connectivity index (χ2v) is 3.85. The highest BCUT2D eigenvalue weighted by Gasteiger charge is 2.02. The Labute approximate surface area is 89.5 Å². The largest absolute Gasteiger partial charge is 0.241 e. The van der Waals surface area contributed by atoms with Crippen LogP contribution in [-0.4, -0.2) is 9.78 Å². The van der Waals surface area contributed by atoms with Crippen molar-refractivity contribution < 1.29 is 4.39 Å². The number of hydrogen-bond acceptors (Lipinski definition) is 1.